The Kier molecular flexibility index (Phi) is 8.05. The third-order valence-corrected chi connectivity index (χ3v) is 5.81. The van der Waals surface area contributed by atoms with Crippen LogP contribution in [0.2, 0.25) is 0 Å². The van der Waals surface area contributed by atoms with Crippen molar-refractivity contribution in [2.45, 2.75) is 18.5 Å². The molecule has 216 valence electrons. The predicted molar refractivity (Wildman–Crippen MR) is 130 cm³/mol. The Balaban J connectivity index is 0.000000493. The number of amides is 1. The molecule has 0 bridgehead atoms. The molecule has 0 fully saturated rings. The SMILES string of the molecule is O=C(O)C(F)(F)F.O=C1CNCC2=C1C(c1cccc(C(=O)Nc3cccc(OC(F)(F)F)c3)c1)c1cn[nH]c1N2. The molecule has 10 nitrogen and oxygen atoms in total. The Morgan fingerprint density at radius 2 is 1.73 bits per heavy atom. The van der Waals surface area contributed by atoms with E-state index in [1.807, 2.05) is 6.07 Å². The summed E-state index contributed by atoms with van der Waals surface area (Å²) in [7, 11) is 0. The van der Waals surface area contributed by atoms with Gasteiger partial charge in [0.05, 0.1) is 12.7 Å². The van der Waals surface area contributed by atoms with Crippen molar-refractivity contribution in [3.8, 4) is 5.75 Å². The number of carboxylic acids is 1. The first-order valence-corrected chi connectivity index (χ1v) is 11.6. The lowest BCUT2D eigenvalue weighted by Gasteiger charge is -2.32. The van der Waals surface area contributed by atoms with E-state index in [0.29, 0.717) is 23.5 Å². The molecule has 2 aromatic carbocycles. The first-order valence-electron chi connectivity index (χ1n) is 11.6. The van der Waals surface area contributed by atoms with Crippen LogP contribution >= 0.6 is 0 Å². The molecule has 5 rings (SSSR count). The number of fused-ring (bicyclic) bond motifs is 1. The fourth-order valence-electron chi connectivity index (χ4n) is 4.21. The van der Waals surface area contributed by atoms with Gasteiger partial charge in [-0.2, -0.15) is 18.3 Å². The number of carbonyl (C=O) groups is 3. The van der Waals surface area contributed by atoms with E-state index in [2.05, 4.69) is 30.9 Å². The zero-order valence-corrected chi connectivity index (χ0v) is 20.5. The fraction of sp³-hybridized carbons (Fsp3) is 0.200. The van der Waals surface area contributed by atoms with Gasteiger partial charge in [-0.25, -0.2) is 4.79 Å². The fourth-order valence-corrected chi connectivity index (χ4v) is 4.21. The Morgan fingerprint density at radius 1 is 1.02 bits per heavy atom. The van der Waals surface area contributed by atoms with E-state index >= 15 is 0 Å². The highest BCUT2D eigenvalue weighted by atomic mass is 19.4. The maximum absolute atomic E-state index is 12.9. The predicted octanol–water partition coefficient (Wildman–Crippen LogP) is 4.18. The minimum Gasteiger partial charge on any atom is -0.475 e. The number of alkyl halides is 6. The summed E-state index contributed by atoms with van der Waals surface area (Å²) in [5.41, 5.74) is 3.29. The van der Waals surface area contributed by atoms with Crippen LogP contribution in [-0.4, -0.2) is 58.6 Å². The second-order valence-corrected chi connectivity index (χ2v) is 8.64. The molecule has 3 aromatic rings. The van der Waals surface area contributed by atoms with Gasteiger partial charge < -0.3 is 25.8 Å². The van der Waals surface area contributed by atoms with Gasteiger partial charge in [0.2, 0.25) is 0 Å². The number of nitrogens with one attached hydrogen (secondary N) is 4. The van der Waals surface area contributed by atoms with Crippen LogP contribution in [0.25, 0.3) is 0 Å². The van der Waals surface area contributed by atoms with Gasteiger partial charge in [-0.3, -0.25) is 14.7 Å². The number of aromatic nitrogens is 2. The molecule has 0 saturated heterocycles. The summed E-state index contributed by atoms with van der Waals surface area (Å²) in [5, 5.41) is 23.0. The number of benzene rings is 2. The van der Waals surface area contributed by atoms with E-state index < -0.39 is 36.1 Å². The number of hydrogen-bond acceptors (Lipinski definition) is 7. The Bertz CT molecular complexity index is 1510. The second-order valence-electron chi connectivity index (χ2n) is 8.64. The number of H-pyrrole nitrogens is 1. The number of ether oxygens (including phenoxy) is 1. The van der Waals surface area contributed by atoms with E-state index in [-0.39, 0.29) is 23.6 Å². The summed E-state index contributed by atoms with van der Waals surface area (Å²) >= 11 is 0. The molecule has 16 heteroatoms. The Labute approximate surface area is 226 Å². The van der Waals surface area contributed by atoms with Crippen molar-refractivity contribution < 1.29 is 50.6 Å². The quantitative estimate of drug-likeness (QED) is 0.288. The molecule has 1 amide bonds. The maximum Gasteiger partial charge on any atom is 0.573 e. The van der Waals surface area contributed by atoms with E-state index in [4.69, 9.17) is 9.90 Å². The standard InChI is InChI=1S/C23H18F3N5O3.C2HF3O2/c24-23(25,26)34-15-6-2-5-14(8-15)29-22(33)13-4-1-3-12(7-13)19-16-9-28-31-21(16)30-17-10-27-11-18(32)20(17)19;3-2(4,5)1(6)7/h1-9,19,27H,10-11H2,(H,29,33)(H2,28,30,31);(H,6,7). The van der Waals surface area contributed by atoms with Crippen molar-refractivity contribution in [3.05, 3.63) is 82.7 Å². The summed E-state index contributed by atoms with van der Waals surface area (Å²) < 4.78 is 73.1. The molecule has 2 aliphatic rings. The number of ketones is 1. The molecule has 41 heavy (non-hydrogen) atoms. The van der Waals surface area contributed by atoms with Gasteiger partial charge >= 0.3 is 18.5 Å². The zero-order valence-electron chi connectivity index (χ0n) is 20.5. The molecule has 0 radical (unpaired) electrons. The molecule has 2 aliphatic heterocycles. The lowest BCUT2D eigenvalue weighted by Crippen LogP contribution is -2.39. The minimum atomic E-state index is -5.08. The van der Waals surface area contributed by atoms with E-state index in [0.717, 1.165) is 23.4 Å². The molecular weight excluding hydrogens is 564 g/mol. The molecule has 0 saturated carbocycles. The number of carbonyl (C=O) groups excluding carboxylic acids is 2. The van der Waals surface area contributed by atoms with Gasteiger partial charge in [-0.05, 0) is 29.8 Å². The number of carboxylic acid groups (broad SMARTS) is 1. The van der Waals surface area contributed by atoms with Crippen LogP contribution in [0.3, 0.4) is 0 Å². The molecular formula is C25H19F6N5O5. The summed E-state index contributed by atoms with van der Waals surface area (Å²) in [5.74, 6) is -3.51. The summed E-state index contributed by atoms with van der Waals surface area (Å²) in [6.45, 7) is 0.702. The highest BCUT2D eigenvalue weighted by molar-refractivity contribution is 6.05. The smallest absolute Gasteiger partial charge is 0.475 e. The number of Topliss-reactive ketones (excluding diaryl/α,β-unsaturated/α-hetero) is 1. The monoisotopic (exact) mass is 583 g/mol. The van der Waals surface area contributed by atoms with Crippen molar-refractivity contribution in [2.75, 3.05) is 23.7 Å². The van der Waals surface area contributed by atoms with Crippen molar-refractivity contribution in [1.29, 1.82) is 0 Å². The van der Waals surface area contributed by atoms with Crippen LogP contribution in [0.1, 0.15) is 27.4 Å². The normalized spacial score (nSPS) is 16.4. The number of aromatic amines is 1. The second kappa shape index (κ2) is 11.3. The van der Waals surface area contributed by atoms with Crippen molar-refractivity contribution in [3.63, 3.8) is 0 Å². The number of nitrogens with zero attached hydrogens (tertiary/aromatic N) is 1. The molecule has 1 atom stereocenters. The molecule has 1 unspecified atom stereocenters. The topological polar surface area (TPSA) is 145 Å². The van der Waals surface area contributed by atoms with Gasteiger partial charge in [0, 0.05) is 46.6 Å². The number of anilines is 2. The van der Waals surface area contributed by atoms with Crippen LogP contribution in [0.15, 0.2) is 66.0 Å². The third-order valence-electron chi connectivity index (χ3n) is 5.81. The van der Waals surface area contributed by atoms with Gasteiger partial charge in [0.15, 0.2) is 5.78 Å². The first kappa shape index (κ1) is 29.1. The average Bonchev–Trinajstić information content (AvgIpc) is 3.35. The van der Waals surface area contributed by atoms with Crippen LogP contribution in [-0.2, 0) is 9.59 Å². The zero-order chi connectivity index (χ0) is 29.9. The van der Waals surface area contributed by atoms with Crippen molar-refractivity contribution >= 4 is 29.2 Å². The minimum absolute atomic E-state index is 0.0538. The lowest BCUT2D eigenvalue weighted by atomic mass is 9.79. The Morgan fingerprint density at radius 3 is 2.41 bits per heavy atom. The lowest BCUT2D eigenvalue weighted by molar-refractivity contribution is -0.274. The van der Waals surface area contributed by atoms with Gasteiger partial charge in [0.1, 0.15) is 11.6 Å². The van der Waals surface area contributed by atoms with E-state index in [1.54, 1.807) is 24.4 Å². The molecule has 3 heterocycles. The molecule has 0 aliphatic carbocycles. The molecule has 1 aromatic heterocycles. The highest BCUT2D eigenvalue weighted by Crippen LogP contribution is 2.42. The van der Waals surface area contributed by atoms with E-state index in [1.165, 1.54) is 12.1 Å². The van der Waals surface area contributed by atoms with Gasteiger partial charge in [-0.15, -0.1) is 13.2 Å². The average molecular weight is 583 g/mol. The van der Waals surface area contributed by atoms with Crippen LogP contribution in [0.4, 0.5) is 37.8 Å². The van der Waals surface area contributed by atoms with Crippen molar-refractivity contribution in [1.82, 2.24) is 15.5 Å². The summed E-state index contributed by atoms with van der Waals surface area (Å²) in [6, 6.07) is 11.8. The van der Waals surface area contributed by atoms with Crippen LogP contribution in [0, 0.1) is 0 Å². The van der Waals surface area contributed by atoms with Crippen LogP contribution < -0.4 is 20.7 Å². The first-order chi connectivity index (χ1) is 19.2. The number of halogens is 6. The summed E-state index contributed by atoms with van der Waals surface area (Å²) in [4.78, 5) is 34.6. The number of aliphatic carboxylic acids is 1. The Hall–Kier alpha value is -4.86. The summed E-state index contributed by atoms with van der Waals surface area (Å²) in [6.07, 6.45) is -8.28. The van der Waals surface area contributed by atoms with Gasteiger partial charge in [0.25, 0.3) is 5.91 Å². The van der Waals surface area contributed by atoms with Crippen molar-refractivity contribution in [2.24, 2.45) is 0 Å². The molecule has 0 spiro atoms. The third kappa shape index (κ3) is 7.02. The number of hydrogen-bond donors (Lipinski definition) is 5. The van der Waals surface area contributed by atoms with Crippen LogP contribution in [0.5, 0.6) is 5.75 Å². The van der Waals surface area contributed by atoms with Gasteiger partial charge in [-0.1, -0.05) is 18.2 Å². The largest absolute Gasteiger partial charge is 0.573 e. The maximum atomic E-state index is 12.9. The highest BCUT2D eigenvalue weighted by Gasteiger charge is 2.38. The van der Waals surface area contributed by atoms with E-state index in [9.17, 15) is 35.9 Å². The molecule has 5 N–H and O–H groups in total. The number of rotatable bonds is 4.